The van der Waals surface area contributed by atoms with Crippen LogP contribution in [0.1, 0.15) is 13.8 Å². The molecule has 0 aromatic rings. The van der Waals surface area contributed by atoms with Crippen molar-refractivity contribution in [3.05, 3.63) is 0 Å². The van der Waals surface area contributed by atoms with Gasteiger partial charge in [-0.3, -0.25) is 0 Å². The Morgan fingerprint density at radius 3 is 2.44 bits per heavy atom. The molecule has 0 aromatic carbocycles. The van der Waals surface area contributed by atoms with Crippen molar-refractivity contribution >= 4 is 22.6 Å². The maximum absolute atomic E-state index is 2.44. The molecule has 0 fully saturated rings. The lowest BCUT2D eigenvalue weighted by Crippen LogP contribution is -2.24. The van der Waals surface area contributed by atoms with E-state index >= 15 is 0 Å². The van der Waals surface area contributed by atoms with Crippen molar-refractivity contribution in [1.82, 2.24) is 4.90 Å². The molecule has 0 N–H and O–H groups in total. The van der Waals surface area contributed by atoms with Crippen LogP contribution in [0, 0.1) is 5.92 Å². The molecule has 1 atom stereocenters. The SMILES string of the molecule is CCN(C)CC(C)CI. The first-order valence-electron chi connectivity index (χ1n) is 3.45. The molecule has 0 radical (unpaired) electrons. The lowest BCUT2D eigenvalue weighted by Gasteiger charge is -2.17. The van der Waals surface area contributed by atoms with Crippen LogP contribution in [-0.2, 0) is 0 Å². The van der Waals surface area contributed by atoms with E-state index in [9.17, 15) is 0 Å². The highest BCUT2D eigenvalue weighted by atomic mass is 127. The molecule has 9 heavy (non-hydrogen) atoms. The molecule has 0 bridgehead atoms. The molecular formula is C7H16IN. The molecule has 0 rings (SSSR count). The normalized spacial score (nSPS) is 14.3. The Labute approximate surface area is 72.0 Å². The van der Waals surface area contributed by atoms with Gasteiger partial charge < -0.3 is 4.90 Å². The van der Waals surface area contributed by atoms with Crippen molar-refractivity contribution in [2.45, 2.75) is 13.8 Å². The minimum atomic E-state index is 0.843. The monoisotopic (exact) mass is 241 g/mol. The van der Waals surface area contributed by atoms with Crippen molar-refractivity contribution in [2.75, 3.05) is 24.6 Å². The lowest BCUT2D eigenvalue weighted by atomic mass is 10.2. The first-order chi connectivity index (χ1) is 4.20. The van der Waals surface area contributed by atoms with E-state index < -0.39 is 0 Å². The third kappa shape index (κ3) is 5.15. The zero-order chi connectivity index (χ0) is 7.28. The number of alkyl halides is 1. The van der Waals surface area contributed by atoms with Gasteiger partial charge in [0, 0.05) is 11.0 Å². The maximum Gasteiger partial charge on any atom is 0.00332 e. The van der Waals surface area contributed by atoms with Crippen molar-refractivity contribution in [2.24, 2.45) is 5.92 Å². The Bertz CT molecular complexity index is 57.9. The van der Waals surface area contributed by atoms with Crippen molar-refractivity contribution in [3.63, 3.8) is 0 Å². The standard InChI is InChI=1S/C7H16IN/c1-4-9(3)6-7(2)5-8/h7H,4-6H2,1-3H3. The summed E-state index contributed by atoms with van der Waals surface area (Å²) in [5.74, 6) is 0.843. The zero-order valence-corrected chi connectivity index (χ0v) is 8.68. The van der Waals surface area contributed by atoms with Crippen LogP contribution in [0.2, 0.25) is 0 Å². The molecule has 56 valence electrons. The Morgan fingerprint density at radius 2 is 2.11 bits per heavy atom. The first kappa shape index (κ1) is 9.69. The topological polar surface area (TPSA) is 3.24 Å². The van der Waals surface area contributed by atoms with Crippen LogP contribution >= 0.6 is 22.6 Å². The Balaban J connectivity index is 3.22. The molecule has 0 saturated carbocycles. The van der Waals surface area contributed by atoms with Gasteiger partial charge in [-0.15, -0.1) is 0 Å². The number of hydrogen-bond donors (Lipinski definition) is 0. The van der Waals surface area contributed by atoms with Crippen LogP contribution in [0.25, 0.3) is 0 Å². The van der Waals surface area contributed by atoms with E-state index in [1.807, 2.05) is 0 Å². The highest BCUT2D eigenvalue weighted by molar-refractivity contribution is 14.1. The molecule has 0 spiro atoms. The fourth-order valence-electron chi connectivity index (χ4n) is 0.710. The second-order valence-electron chi connectivity index (χ2n) is 2.61. The van der Waals surface area contributed by atoms with Gasteiger partial charge in [-0.05, 0) is 19.5 Å². The van der Waals surface area contributed by atoms with Crippen LogP contribution in [-0.4, -0.2) is 29.5 Å². The highest BCUT2D eigenvalue weighted by Gasteiger charge is 2.01. The summed E-state index contributed by atoms with van der Waals surface area (Å²) in [5.41, 5.74) is 0. The van der Waals surface area contributed by atoms with Gasteiger partial charge in [-0.1, -0.05) is 36.4 Å². The van der Waals surface area contributed by atoms with E-state index in [1.54, 1.807) is 0 Å². The molecule has 0 aliphatic rings. The van der Waals surface area contributed by atoms with E-state index in [0.717, 1.165) is 5.92 Å². The number of nitrogens with zero attached hydrogens (tertiary/aromatic N) is 1. The molecule has 0 saturated heterocycles. The third-order valence-corrected chi connectivity index (χ3v) is 2.93. The number of rotatable bonds is 4. The summed E-state index contributed by atoms with van der Waals surface area (Å²) in [6, 6.07) is 0. The molecule has 0 amide bonds. The fraction of sp³-hybridized carbons (Fsp3) is 1.00. The molecule has 1 unspecified atom stereocenters. The molecular weight excluding hydrogens is 225 g/mol. The minimum absolute atomic E-state index is 0.843. The van der Waals surface area contributed by atoms with Gasteiger partial charge in [-0.25, -0.2) is 0 Å². The number of halogens is 1. The molecule has 0 aliphatic heterocycles. The summed E-state index contributed by atoms with van der Waals surface area (Å²) in [6.45, 7) is 6.89. The molecule has 0 aliphatic carbocycles. The van der Waals surface area contributed by atoms with E-state index in [0.29, 0.717) is 0 Å². The van der Waals surface area contributed by atoms with Crippen LogP contribution in [0.4, 0.5) is 0 Å². The maximum atomic E-state index is 2.44. The second kappa shape index (κ2) is 5.47. The zero-order valence-electron chi connectivity index (χ0n) is 6.52. The van der Waals surface area contributed by atoms with E-state index in [2.05, 4.69) is 48.4 Å². The predicted molar refractivity (Wildman–Crippen MR) is 51.2 cm³/mol. The van der Waals surface area contributed by atoms with Crippen LogP contribution in [0.3, 0.4) is 0 Å². The quantitative estimate of drug-likeness (QED) is 0.537. The largest absolute Gasteiger partial charge is 0.306 e. The summed E-state index contributed by atoms with van der Waals surface area (Å²) in [4.78, 5) is 2.35. The first-order valence-corrected chi connectivity index (χ1v) is 4.97. The highest BCUT2D eigenvalue weighted by Crippen LogP contribution is 2.01. The van der Waals surface area contributed by atoms with Crippen LogP contribution in [0.5, 0.6) is 0 Å². The van der Waals surface area contributed by atoms with E-state index in [4.69, 9.17) is 0 Å². The van der Waals surface area contributed by atoms with Gasteiger partial charge in [0.05, 0.1) is 0 Å². The van der Waals surface area contributed by atoms with E-state index in [-0.39, 0.29) is 0 Å². The second-order valence-corrected chi connectivity index (χ2v) is 3.50. The molecule has 0 aromatic heterocycles. The van der Waals surface area contributed by atoms with Gasteiger partial charge in [0.25, 0.3) is 0 Å². The summed E-state index contributed by atoms with van der Waals surface area (Å²) in [7, 11) is 2.17. The summed E-state index contributed by atoms with van der Waals surface area (Å²) >= 11 is 2.44. The Hall–Kier alpha value is 0.690. The van der Waals surface area contributed by atoms with Gasteiger partial charge in [0.2, 0.25) is 0 Å². The minimum Gasteiger partial charge on any atom is -0.306 e. The summed E-state index contributed by atoms with van der Waals surface area (Å²) in [5, 5.41) is 0. The fourth-order valence-corrected chi connectivity index (χ4v) is 0.988. The van der Waals surface area contributed by atoms with Crippen LogP contribution < -0.4 is 0 Å². The predicted octanol–water partition coefficient (Wildman–Crippen LogP) is 2.01. The summed E-state index contributed by atoms with van der Waals surface area (Å²) < 4.78 is 1.27. The van der Waals surface area contributed by atoms with Gasteiger partial charge in [0.15, 0.2) is 0 Å². The number of hydrogen-bond acceptors (Lipinski definition) is 1. The third-order valence-electron chi connectivity index (χ3n) is 1.43. The smallest absolute Gasteiger partial charge is 0.00332 e. The summed E-state index contributed by atoms with van der Waals surface area (Å²) in [6.07, 6.45) is 0. The molecule has 0 heterocycles. The molecule has 2 heteroatoms. The van der Waals surface area contributed by atoms with E-state index in [1.165, 1.54) is 17.5 Å². The Kier molecular flexibility index (Phi) is 5.89. The van der Waals surface area contributed by atoms with Crippen LogP contribution in [0.15, 0.2) is 0 Å². The van der Waals surface area contributed by atoms with Crippen molar-refractivity contribution in [1.29, 1.82) is 0 Å². The van der Waals surface area contributed by atoms with Gasteiger partial charge >= 0.3 is 0 Å². The van der Waals surface area contributed by atoms with Gasteiger partial charge in [0.1, 0.15) is 0 Å². The van der Waals surface area contributed by atoms with Crippen molar-refractivity contribution < 1.29 is 0 Å². The van der Waals surface area contributed by atoms with Crippen molar-refractivity contribution in [3.8, 4) is 0 Å². The lowest BCUT2D eigenvalue weighted by molar-refractivity contribution is 0.314. The Morgan fingerprint density at radius 1 is 1.56 bits per heavy atom. The average Bonchev–Trinajstić information content (AvgIpc) is 1.87. The van der Waals surface area contributed by atoms with Gasteiger partial charge in [-0.2, -0.15) is 0 Å². The average molecular weight is 241 g/mol. The molecule has 1 nitrogen and oxygen atoms in total.